The number of para-hydroxylation sites is 1. The average molecular weight is 362 g/mol. The molecule has 7 heteroatoms. The summed E-state index contributed by atoms with van der Waals surface area (Å²) in [7, 11) is 0. The maximum absolute atomic E-state index is 13.2. The van der Waals surface area contributed by atoms with E-state index in [0.29, 0.717) is 22.7 Å². The van der Waals surface area contributed by atoms with E-state index >= 15 is 0 Å². The second-order valence-electron chi connectivity index (χ2n) is 7.16. The lowest BCUT2D eigenvalue weighted by Gasteiger charge is -2.30. The maximum atomic E-state index is 13.2. The van der Waals surface area contributed by atoms with Crippen LogP contribution in [-0.2, 0) is 19.9 Å². The number of carbonyl (C=O) groups excluding carboxylic acids is 3. The third-order valence-corrected chi connectivity index (χ3v) is 6.23. The average Bonchev–Trinajstić information content (AvgIpc) is 3.13. The lowest BCUT2D eigenvalue weighted by Crippen LogP contribution is -2.53. The maximum Gasteiger partial charge on any atom is 0.250 e. The van der Waals surface area contributed by atoms with Crippen molar-refractivity contribution < 1.29 is 14.4 Å². The zero-order chi connectivity index (χ0) is 18.1. The molecule has 0 radical (unpaired) electrons. The van der Waals surface area contributed by atoms with Crippen molar-refractivity contribution in [3.63, 3.8) is 0 Å². The minimum Gasteiger partial charge on any atom is -0.323 e. The Morgan fingerprint density at radius 2 is 2.00 bits per heavy atom. The fourth-order valence-electron chi connectivity index (χ4n) is 4.59. The normalized spacial score (nSPS) is 34.5. The number of nitrogens with one attached hydrogen (secondary N) is 2. The number of fused-ring (bicyclic) bond motifs is 4. The summed E-state index contributed by atoms with van der Waals surface area (Å²) < 4.78 is 0. The number of benzene rings is 1. The highest BCUT2D eigenvalue weighted by atomic mass is 35.5. The highest BCUT2D eigenvalue weighted by Gasteiger charge is 2.70. The van der Waals surface area contributed by atoms with E-state index in [4.69, 9.17) is 11.6 Å². The van der Waals surface area contributed by atoms with Crippen LogP contribution < -0.4 is 10.6 Å². The van der Waals surface area contributed by atoms with Crippen molar-refractivity contribution in [3.8, 4) is 0 Å². The molecule has 0 aromatic heterocycles. The van der Waals surface area contributed by atoms with Crippen LogP contribution in [0.2, 0.25) is 5.02 Å². The van der Waals surface area contributed by atoms with Gasteiger partial charge in [0.2, 0.25) is 17.7 Å². The molecule has 1 aromatic rings. The predicted octanol–water partition coefficient (Wildman–Crippen LogP) is 1.88. The minimum absolute atomic E-state index is 0.182. The first-order valence-corrected chi connectivity index (χ1v) is 8.97. The van der Waals surface area contributed by atoms with Crippen LogP contribution in [0.25, 0.3) is 0 Å². The highest BCUT2D eigenvalue weighted by molar-refractivity contribution is 6.35. The Bertz CT molecular complexity index is 811. The standard InChI is InChI=1S/C18H20ClN3O3/c1-4-8(2)22-15(23)12-9(3)21-18(13(12)16(22)24)10-6-5-7-11(19)14(10)20-17(18)25/h5-9,12-13,21H,4H2,1-3H3,(H,20,25)/t8-,9+,12+,13-,18+/m0/s1. The van der Waals surface area contributed by atoms with Gasteiger partial charge in [-0.05, 0) is 26.3 Å². The number of anilines is 1. The number of hydrogen-bond acceptors (Lipinski definition) is 4. The van der Waals surface area contributed by atoms with Crippen LogP contribution in [0.1, 0.15) is 32.8 Å². The van der Waals surface area contributed by atoms with E-state index in [1.165, 1.54) is 4.90 Å². The Morgan fingerprint density at radius 1 is 1.28 bits per heavy atom. The number of imide groups is 1. The first-order valence-electron chi connectivity index (χ1n) is 8.59. The molecule has 0 aliphatic carbocycles. The van der Waals surface area contributed by atoms with Crippen molar-refractivity contribution in [2.45, 2.75) is 44.8 Å². The summed E-state index contributed by atoms with van der Waals surface area (Å²) >= 11 is 6.24. The Morgan fingerprint density at radius 3 is 2.68 bits per heavy atom. The van der Waals surface area contributed by atoms with Gasteiger partial charge in [-0.15, -0.1) is 0 Å². The lowest BCUT2D eigenvalue weighted by molar-refractivity contribution is -0.145. The van der Waals surface area contributed by atoms with Crippen molar-refractivity contribution in [2.24, 2.45) is 11.8 Å². The second-order valence-corrected chi connectivity index (χ2v) is 7.57. The predicted molar refractivity (Wildman–Crippen MR) is 92.9 cm³/mol. The highest BCUT2D eigenvalue weighted by Crippen LogP contribution is 2.54. The van der Waals surface area contributed by atoms with E-state index in [1.807, 2.05) is 20.8 Å². The molecule has 6 nitrogen and oxygen atoms in total. The summed E-state index contributed by atoms with van der Waals surface area (Å²) in [5.41, 5.74) is -0.0625. The Kier molecular flexibility index (Phi) is 3.50. The van der Waals surface area contributed by atoms with Gasteiger partial charge in [-0.2, -0.15) is 0 Å². The number of rotatable bonds is 2. The van der Waals surface area contributed by atoms with Crippen LogP contribution >= 0.6 is 11.6 Å². The summed E-state index contributed by atoms with van der Waals surface area (Å²) in [6.07, 6.45) is 0.681. The molecule has 2 fully saturated rings. The fourth-order valence-corrected chi connectivity index (χ4v) is 4.82. The molecular formula is C18H20ClN3O3. The largest absolute Gasteiger partial charge is 0.323 e. The van der Waals surface area contributed by atoms with Gasteiger partial charge in [0.05, 0.1) is 22.5 Å². The van der Waals surface area contributed by atoms with E-state index in [9.17, 15) is 14.4 Å². The van der Waals surface area contributed by atoms with Gasteiger partial charge in [-0.1, -0.05) is 30.7 Å². The van der Waals surface area contributed by atoms with Gasteiger partial charge >= 0.3 is 0 Å². The smallest absolute Gasteiger partial charge is 0.250 e. The van der Waals surface area contributed by atoms with Gasteiger partial charge in [0.1, 0.15) is 5.54 Å². The SMILES string of the molecule is CC[C@H](C)N1C(=O)[C@H]2[C@@H](C1=O)[C@@]1(N[C@@H]2C)C(=O)Nc2c(Cl)cccc21. The number of hydrogen-bond donors (Lipinski definition) is 2. The molecule has 3 heterocycles. The van der Waals surface area contributed by atoms with Gasteiger partial charge in [-0.25, -0.2) is 0 Å². The molecule has 0 unspecified atom stereocenters. The van der Waals surface area contributed by atoms with Gasteiger partial charge in [0.15, 0.2) is 0 Å². The van der Waals surface area contributed by atoms with Crippen LogP contribution in [0.4, 0.5) is 5.69 Å². The van der Waals surface area contributed by atoms with Crippen LogP contribution in [0.3, 0.4) is 0 Å². The van der Waals surface area contributed by atoms with Gasteiger partial charge < -0.3 is 5.32 Å². The number of halogens is 1. The van der Waals surface area contributed by atoms with Gasteiger partial charge in [0, 0.05) is 17.6 Å². The third kappa shape index (κ3) is 1.87. The van der Waals surface area contributed by atoms with E-state index < -0.39 is 17.4 Å². The summed E-state index contributed by atoms with van der Waals surface area (Å²) in [5, 5.41) is 6.50. The molecule has 0 bridgehead atoms. The van der Waals surface area contributed by atoms with Crippen molar-refractivity contribution in [3.05, 3.63) is 28.8 Å². The van der Waals surface area contributed by atoms with Crippen molar-refractivity contribution in [1.29, 1.82) is 0 Å². The zero-order valence-electron chi connectivity index (χ0n) is 14.3. The monoisotopic (exact) mass is 361 g/mol. The molecule has 3 aliphatic rings. The number of likely N-dealkylation sites (tertiary alicyclic amines) is 1. The molecule has 2 N–H and O–H groups in total. The summed E-state index contributed by atoms with van der Waals surface area (Å²) in [4.78, 5) is 40.5. The molecule has 4 rings (SSSR count). The van der Waals surface area contributed by atoms with E-state index in [-0.39, 0.29) is 29.8 Å². The van der Waals surface area contributed by atoms with Gasteiger partial charge in [0.25, 0.3) is 0 Å². The first-order chi connectivity index (χ1) is 11.8. The fraction of sp³-hybridized carbons (Fsp3) is 0.500. The van der Waals surface area contributed by atoms with Crippen LogP contribution in [0.15, 0.2) is 18.2 Å². The Hall–Kier alpha value is -1.92. The molecule has 5 atom stereocenters. The van der Waals surface area contributed by atoms with Crippen LogP contribution in [0.5, 0.6) is 0 Å². The molecule has 0 saturated carbocycles. The van der Waals surface area contributed by atoms with E-state index in [0.717, 1.165) is 0 Å². The Balaban J connectivity index is 1.89. The molecule has 25 heavy (non-hydrogen) atoms. The topological polar surface area (TPSA) is 78.5 Å². The Labute approximate surface area is 150 Å². The number of nitrogens with zero attached hydrogens (tertiary/aromatic N) is 1. The molecule has 1 spiro atoms. The molecule has 3 aliphatic heterocycles. The summed E-state index contributed by atoms with van der Waals surface area (Å²) in [5.74, 6) is -2.07. The van der Waals surface area contributed by atoms with Crippen LogP contribution in [0, 0.1) is 11.8 Å². The number of amides is 3. The lowest BCUT2D eigenvalue weighted by atomic mass is 9.76. The zero-order valence-corrected chi connectivity index (χ0v) is 15.1. The first kappa shape index (κ1) is 16.5. The summed E-state index contributed by atoms with van der Waals surface area (Å²) in [6, 6.07) is 4.79. The van der Waals surface area contributed by atoms with E-state index in [1.54, 1.807) is 18.2 Å². The van der Waals surface area contributed by atoms with Crippen molar-refractivity contribution in [2.75, 3.05) is 5.32 Å². The number of carbonyl (C=O) groups is 3. The second kappa shape index (κ2) is 5.29. The summed E-state index contributed by atoms with van der Waals surface area (Å²) in [6.45, 7) is 5.66. The molecule has 2 saturated heterocycles. The van der Waals surface area contributed by atoms with Crippen LogP contribution in [-0.4, -0.2) is 34.7 Å². The van der Waals surface area contributed by atoms with Crippen molar-refractivity contribution in [1.82, 2.24) is 10.2 Å². The quantitative estimate of drug-likeness (QED) is 0.788. The molecule has 1 aromatic carbocycles. The molecule has 132 valence electrons. The van der Waals surface area contributed by atoms with Gasteiger partial charge in [-0.3, -0.25) is 24.6 Å². The molecular weight excluding hydrogens is 342 g/mol. The minimum atomic E-state index is -1.24. The van der Waals surface area contributed by atoms with Crippen molar-refractivity contribution >= 4 is 35.0 Å². The molecule has 3 amide bonds. The third-order valence-electron chi connectivity index (χ3n) is 5.91. The van der Waals surface area contributed by atoms with E-state index in [2.05, 4.69) is 10.6 Å².